The molecule has 0 aromatic heterocycles. The average molecular weight is 294 g/mol. The predicted molar refractivity (Wildman–Crippen MR) is 86.8 cm³/mol. The van der Waals surface area contributed by atoms with Gasteiger partial charge < -0.3 is 14.6 Å². The number of methoxy groups -OCH3 is 2. The number of ether oxygens (including phenoxy) is 2. The van der Waals surface area contributed by atoms with Gasteiger partial charge in [0.05, 0.1) is 14.2 Å². The minimum absolute atomic E-state index is 0.224. The molecule has 1 aromatic carbocycles. The maximum atomic E-state index is 10.1. The monoisotopic (exact) mass is 294 g/mol. The molecule has 0 saturated heterocycles. The lowest BCUT2D eigenvalue weighted by molar-refractivity contribution is 0.379. The second-order valence-electron chi connectivity index (χ2n) is 6.31. The summed E-state index contributed by atoms with van der Waals surface area (Å²) in [6.07, 6.45) is 1.61. The lowest BCUT2D eigenvalue weighted by Crippen LogP contribution is -2.19. The first-order valence-electron chi connectivity index (χ1n) is 6.87. The first-order chi connectivity index (χ1) is 9.26. The summed E-state index contributed by atoms with van der Waals surface area (Å²) in [4.78, 5) is 0. The first kappa shape index (κ1) is 16.6. The summed E-state index contributed by atoms with van der Waals surface area (Å²) in [5.41, 5.74) is 2.08. The van der Waals surface area contributed by atoms with E-state index in [1.165, 1.54) is 5.57 Å². The Labute approximate surface area is 123 Å². The number of hydrogen-bond donors (Lipinski definition) is 1. The minimum atomic E-state index is -1.12. The average Bonchev–Trinajstić information content (AvgIpc) is 2.34. The Morgan fingerprint density at radius 2 is 1.85 bits per heavy atom. The van der Waals surface area contributed by atoms with E-state index in [-0.39, 0.29) is 5.75 Å². The fourth-order valence-corrected chi connectivity index (χ4v) is 3.97. The lowest BCUT2D eigenvalue weighted by Gasteiger charge is -2.18. The van der Waals surface area contributed by atoms with Crippen molar-refractivity contribution in [2.24, 2.45) is 0 Å². The molecule has 1 aromatic rings. The molecule has 0 aliphatic carbocycles. The van der Waals surface area contributed by atoms with Crippen molar-refractivity contribution >= 4 is 8.07 Å². The van der Waals surface area contributed by atoms with Crippen molar-refractivity contribution in [3.63, 3.8) is 0 Å². The predicted octanol–water partition coefficient (Wildman–Crippen LogP) is 4.24. The summed E-state index contributed by atoms with van der Waals surface area (Å²) >= 11 is 0. The number of rotatable bonds is 7. The van der Waals surface area contributed by atoms with Gasteiger partial charge in [-0.1, -0.05) is 25.2 Å². The molecule has 0 saturated carbocycles. The number of benzene rings is 1. The van der Waals surface area contributed by atoms with Crippen LogP contribution in [0, 0.1) is 0 Å². The number of hydrogen-bond acceptors (Lipinski definition) is 3. The van der Waals surface area contributed by atoms with Gasteiger partial charge in [-0.2, -0.15) is 0 Å². The maximum absolute atomic E-state index is 10.1. The zero-order valence-electron chi connectivity index (χ0n) is 13.2. The molecule has 20 heavy (non-hydrogen) atoms. The summed E-state index contributed by atoms with van der Waals surface area (Å²) in [7, 11) is 2.06. The highest BCUT2D eigenvalue weighted by molar-refractivity contribution is 6.76. The van der Waals surface area contributed by atoms with E-state index in [1.54, 1.807) is 26.4 Å². The SMILES string of the molecule is C=C(CCc1c(O)cc(OC)cc1OC)C[Si](C)(C)C. The van der Waals surface area contributed by atoms with Crippen LogP contribution in [-0.4, -0.2) is 27.4 Å². The van der Waals surface area contributed by atoms with E-state index in [0.717, 1.165) is 24.4 Å². The molecule has 0 aliphatic rings. The van der Waals surface area contributed by atoms with Crippen LogP contribution in [0.15, 0.2) is 24.3 Å². The van der Waals surface area contributed by atoms with Gasteiger partial charge in [0.1, 0.15) is 17.2 Å². The second-order valence-corrected chi connectivity index (χ2v) is 11.8. The van der Waals surface area contributed by atoms with Gasteiger partial charge in [0.25, 0.3) is 0 Å². The van der Waals surface area contributed by atoms with Crippen LogP contribution in [0.5, 0.6) is 17.2 Å². The van der Waals surface area contributed by atoms with Crippen molar-refractivity contribution in [1.29, 1.82) is 0 Å². The van der Waals surface area contributed by atoms with Crippen molar-refractivity contribution in [2.75, 3.05) is 14.2 Å². The molecular formula is C16H26O3Si. The lowest BCUT2D eigenvalue weighted by atomic mass is 10.0. The molecule has 0 fully saturated rings. The molecule has 0 amide bonds. The highest BCUT2D eigenvalue weighted by atomic mass is 28.3. The molecule has 0 atom stereocenters. The summed E-state index contributed by atoms with van der Waals surface area (Å²) in [5.74, 6) is 1.49. The molecule has 0 spiro atoms. The zero-order chi connectivity index (χ0) is 15.3. The molecule has 1 rings (SSSR count). The molecule has 0 bridgehead atoms. The Balaban J connectivity index is 2.80. The summed E-state index contributed by atoms with van der Waals surface area (Å²) in [6, 6.07) is 4.54. The summed E-state index contributed by atoms with van der Waals surface area (Å²) in [5, 5.41) is 10.1. The molecule has 0 heterocycles. The number of phenolic OH excluding ortho intramolecular Hbond substituents is 1. The van der Waals surface area contributed by atoms with Gasteiger partial charge in [0.15, 0.2) is 0 Å². The van der Waals surface area contributed by atoms with Gasteiger partial charge in [0.2, 0.25) is 0 Å². The largest absolute Gasteiger partial charge is 0.507 e. The Hall–Kier alpha value is -1.42. The zero-order valence-corrected chi connectivity index (χ0v) is 14.2. The van der Waals surface area contributed by atoms with E-state index in [2.05, 4.69) is 26.2 Å². The van der Waals surface area contributed by atoms with Gasteiger partial charge >= 0.3 is 0 Å². The second kappa shape index (κ2) is 6.84. The van der Waals surface area contributed by atoms with Crippen LogP contribution < -0.4 is 9.47 Å². The van der Waals surface area contributed by atoms with Crippen LogP contribution >= 0.6 is 0 Å². The highest BCUT2D eigenvalue weighted by Gasteiger charge is 2.16. The molecule has 1 N–H and O–H groups in total. The Morgan fingerprint density at radius 3 is 2.35 bits per heavy atom. The van der Waals surface area contributed by atoms with Crippen molar-refractivity contribution in [1.82, 2.24) is 0 Å². The fraction of sp³-hybridized carbons (Fsp3) is 0.500. The van der Waals surface area contributed by atoms with Gasteiger partial charge in [-0.25, -0.2) is 0 Å². The molecule has 112 valence electrons. The molecule has 0 radical (unpaired) electrons. The normalized spacial score (nSPS) is 11.2. The third kappa shape index (κ3) is 4.93. The van der Waals surface area contributed by atoms with Gasteiger partial charge in [0, 0.05) is 25.8 Å². The number of aromatic hydroxyl groups is 1. The van der Waals surface area contributed by atoms with Crippen LogP contribution in [0.3, 0.4) is 0 Å². The van der Waals surface area contributed by atoms with E-state index >= 15 is 0 Å². The number of phenols is 1. The Bertz CT molecular complexity index is 475. The Morgan fingerprint density at radius 1 is 1.20 bits per heavy atom. The fourth-order valence-electron chi connectivity index (χ4n) is 2.30. The van der Waals surface area contributed by atoms with Crippen LogP contribution in [0.1, 0.15) is 12.0 Å². The first-order valence-corrected chi connectivity index (χ1v) is 10.6. The van der Waals surface area contributed by atoms with Gasteiger partial charge in [-0.15, -0.1) is 6.58 Å². The van der Waals surface area contributed by atoms with E-state index in [0.29, 0.717) is 11.5 Å². The van der Waals surface area contributed by atoms with E-state index in [9.17, 15) is 5.11 Å². The molecule has 3 nitrogen and oxygen atoms in total. The van der Waals surface area contributed by atoms with Gasteiger partial charge in [-0.3, -0.25) is 0 Å². The maximum Gasteiger partial charge on any atom is 0.129 e. The molecule has 0 unspecified atom stereocenters. The molecular weight excluding hydrogens is 268 g/mol. The smallest absolute Gasteiger partial charge is 0.129 e. The third-order valence-electron chi connectivity index (χ3n) is 3.12. The minimum Gasteiger partial charge on any atom is -0.507 e. The van der Waals surface area contributed by atoms with Crippen molar-refractivity contribution in [2.45, 2.75) is 38.5 Å². The van der Waals surface area contributed by atoms with Crippen LogP contribution in [0.4, 0.5) is 0 Å². The summed E-state index contributed by atoms with van der Waals surface area (Å²) < 4.78 is 10.5. The van der Waals surface area contributed by atoms with Crippen LogP contribution in [-0.2, 0) is 6.42 Å². The van der Waals surface area contributed by atoms with Crippen LogP contribution in [0.2, 0.25) is 25.7 Å². The molecule has 0 aliphatic heterocycles. The van der Waals surface area contributed by atoms with Crippen molar-refractivity contribution < 1.29 is 14.6 Å². The van der Waals surface area contributed by atoms with E-state index < -0.39 is 8.07 Å². The summed E-state index contributed by atoms with van der Waals surface area (Å²) in [6.45, 7) is 11.2. The topological polar surface area (TPSA) is 38.7 Å². The quantitative estimate of drug-likeness (QED) is 0.604. The van der Waals surface area contributed by atoms with Crippen molar-refractivity contribution in [3.8, 4) is 17.2 Å². The third-order valence-corrected chi connectivity index (χ3v) is 4.68. The number of allylic oxidation sites excluding steroid dienone is 1. The highest BCUT2D eigenvalue weighted by Crippen LogP contribution is 2.35. The molecule has 4 heteroatoms. The Kier molecular flexibility index (Phi) is 5.69. The van der Waals surface area contributed by atoms with Gasteiger partial charge in [-0.05, 0) is 18.9 Å². The van der Waals surface area contributed by atoms with Crippen molar-refractivity contribution in [3.05, 3.63) is 29.8 Å². The van der Waals surface area contributed by atoms with Crippen LogP contribution in [0.25, 0.3) is 0 Å². The standard InChI is InChI=1S/C16H26O3Si/c1-12(11-20(4,5)6)7-8-14-15(17)9-13(18-2)10-16(14)19-3/h9-10,17H,1,7-8,11H2,2-6H3. The van der Waals surface area contributed by atoms with E-state index in [4.69, 9.17) is 9.47 Å². The van der Waals surface area contributed by atoms with E-state index in [1.807, 2.05) is 0 Å².